The minimum absolute atomic E-state index is 0.0624. The summed E-state index contributed by atoms with van der Waals surface area (Å²) in [6.45, 7) is 9.64. The number of rotatable bonds is 7. The summed E-state index contributed by atoms with van der Waals surface area (Å²) in [4.78, 5) is 13.1. The van der Waals surface area contributed by atoms with Crippen molar-refractivity contribution in [3.8, 4) is 5.75 Å². The van der Waals surface area contributed by atoms with E-state index in [1.54, 1.807) is 0 Å². The maximum absolute atomic E-state index is 13.8. The van der Waals surface area contributed by atoms with Crippen molar-refractivity contribution in [2.24, 2.45) is 11.3 Å². The van der Waals surface area contributed by atoms with Crippen LogP contribution in [0.25, 0.3) is 10.8 Å². The molecular weight excluding hydrogens is 542 g/mol. The molecule has 3 aliphatic rings. The van der Waals surface area contributed by atoms with E-state index in [1.807, 2.05) is 30.3 Å². The summed E-state index contributed by atoms with van der Waals surface area (Å²) in [5, 5.41) is 13.0. The van der Waals surface area contributed by atoms with Gasteiger partial charge >= 0.3 is 0 Å². The van der Waals surface area contributed by atoms with Crippen molar-refractivity contribution in [3.05, 3.63) is 70.3 Å². The number of nitro groups is 1. The highest BCUT2D eigenvalue weighted by Gasteiger charge is 2.57. The normalized spacial score (nSPS) is 24.9. The predicted molar refractivity (Wildman–Crippen MR) is 158 cm³/mol. The Morgan fingerprint density at radius 2 is 1.88 bits per heavy atom. The van der Waals surface area contributed by atoms with Crippen LogP contribution in [0.4, 0.5) is 11.4 Å². The second kappa shape index (κ2) is 10.3. The fourth-order valence-electron chi connectivity index (χ4n) is 7.02. The highest BCUT2D eigenvalue weighted by molar-refractivity contribution is 7.92. The standard InChI is InChI=1S/C31H37N3O6S/c1-4-30(2,3)22-12-13-31(33-14-16-39-17-15-33)26(19-22)28-27(40-31)18-21-8-5-6-11-25(21)29(28)32-41(37,38)24-10-7-9-23(20-24)34(35)36/h5-11,18,20,22,26,32H,4,12-17,19H2,1-3H3. The van der Waals surface area contributed by atoms with Crippen LogP contribution in [0.15, 0.2) is 59.5 Å². The number of non-ortho nitro benzene ring substituents is 1. The number of ether oxygens (including phenoxy) is 2. The lowest BCUT2D eigenvalue weighted by Gasteiger charge is -2.51. The van der Waals surface area contributed by atoms with Crippen molar-refractivity contribution in [1.82, 2.24) is 4.90 Å². The molecule has 1 aliphatic carbocycles. The Balaban J connectivity index is 1.52. The van der Waals surface area contributed by atoms with Gasteiger partial charge in [0, 0.05) is 48.5 Å². The first-order valence-corrected chi connectivity index (χ1v) is 15.9. The smallest absolute Gasteiger partial charge is 0.270 e. The minimum Gasteiger partial charge on any atom is -0.472 e. The number of hydrogen-bond donors (Lipinski definition) is 1. The molecule has 2 heterocycles. The predicted octanol–water partition coefficient (Wildman–Crippen LogP) is 6.29. The number of benzene rings is 3. The van der Waals surface area contributed by atoms with E-state index >= 15 is 0 Å². The van der Waals surface area contributed by atoms with Gasteiger partial charge in [-0.25, -0.2) is 8.42 Å². The molecule has 10 heteroatoms. The number of fused-ring (bicyclic) bond motifs is 4. The molecule has 3 unspecified atom stereocenters. The molecule has 1 saturated heterocycles. The molecule has 0 spiro atoms. The molecular formula is C31H37N3O6S. The van der Waals surface area contributed by atoms with E-state index < -0.39 is 20.7 Å². The lowest BCUT2D eigenvalue weighted by atomic mass is 9.63. The third kappa shape index (κ3) is 4.75. The summed E-state index contributed by atoms with van der Waals surface area (Å²) >= 11 is 0. The highest BCUT2D eigenvalue weighted by atomic mass is 32.2. The van der Waals surface area contributed by atoms with E-state index in [2.05, 4.69) is 30.4 Å². The van der Waals surface area contributed by atoms with Crippen LogP contribution in [0.1, 0.15) is 57.9 Å². The van der Waals surface area contributed by atoms with Crippen molar-refractivity contribution in [3.63, 3.8) is 0 Å². The Morgan fingerprint density at radius 3 is 2.61 bits per heavy atom. The summed E-state index contributed by atoms with van der Waals surface area (Å²) in [7, 11) is -4.16. The van der Waals surface area contributed by atoms with Crippen molar-refractivity contribution in [2.45, 2.75) is 63.0 Å². The molecule has 0 radical (unpaired) electrons. The first kappa shape index (κ1) is 27.9. The maximum Gasteiger partial charge on any atom is 0.270 e. The zero-order valence-corrected chi connectivity index (χ0v) is 24.6. The summed E-state index contributed by atoms with van der Waals surface area (Å²) < 4.78 is 43.2. The van der Waals surface area contributed by atoms with Gasteiger partial charge in [0.05, 0.1) is 28.7 Å². The Morgan fingerprint density at radius 1 is 1.12 bits per heavy atom. The quantitative estimate of drug-likeness (QED) is 0.259. The van der Waals surface area contributed by atoms with Crippen LogP contribution in [-0.2, 0) is 14.8 Å². The lowest BCUT2D eigenvalue weighted by molar-refractivity contribution is -0.385. The minimum atomic E-state index is -4.16. The van der Waals surface area contributed by atoms with E-state index in [4.69, 9.17) is 9.47 Å². The van der Waals surface area contributed by atoms with Gasteiger partial charge in [0.1, 0.15) is 5.75 Å². The molecule has 0 amide bonds. The molecule has 218 valence electrons. The molecule has 3 aromatic rings. The molecule has 1 saturated carbocycles. The van der Waals surface area contributed by atoms with Gasteiger partial charge in [-0.05, 0) is 41.7 Å². The fraction of sp³-hybridized carbons (Fsp3) is 0.484. The van der Waals surface area contributed by atoms with Crippen LogP contribution in [0, 0.1) is 21.4 Å². The average molecular weight is 580 g/mol. The average Bonchev–Trinajstić information content (AvgIpc) is 3.32. The van der Waals surface area contributed by atoms with E-state index in [0.717, 1.165) is 61.2 Å². The Kier molecular flexibility index (Phi) is 6.99. The fourth-order valence-corrected chi connectivity index (χ4v) is 8.16. The first-order valence-electron chi connectivity index (χ1n) is 14.4. The molecule has 6 rings (SSSR count). The number of nitro benzene ring substituents is 1. The first-order chi connectivity index (χ1) is 19.6. The van der Waals surface area contributed by atoms with Gasteiger partial charge in [-0.15, -0.1) is 0 Å². The van der Waals surface area contributed by atoms with Crippen LogP contribution in [0.5, 0.6) is 5.75 Å². The van der Waals surface area contributed by atoms with Gasteiger partial charge in [-0.1, -0.05) is 57.5 Å². The molecule has 0 aromatic heterocycles. The largest absolute Gasteiger partial charge is 0.472 e. The lowest BCUT2D eigenvalue weighted by Crippen LogP contribution is -2.60. The van der Waals surface area contributed by atoms with Gasteiger partial charge in [-0.3, -0.25) is 19.7 Å². The van der Waals surface area contributed by atoms with Crippen LogP contribution in [-0.4, -0.2) is 50.3 Å². The van der Waals surface area contributed by atoms with Crippen molar-refractivity contribution in [2.75, 3.05) is 31.0 Å². The summed E-state index contributed by atoms with van der Waals surface area (Å²) in [6, 6.07) is 14.9. The zero-order valence-electron chi connectivity index (χ0n) is 23.8. The van der Waals surface area contributed by atoms with Crippen LogP contribution in [0.3, 0.4) is 0 Å². The molecule has 3 aromatic carbocycles. The van der Waals surface area contributed by atoms with Crippen molar-refractivity contribution >= 4 is 32.2 Å². The topological polar surface area (TPSA) is 111 Å². The van der Waals surface area contributed by atoms with Gasteiger partial charge in [0.2, 0.25) is 0 Å². The van der Waals surface area contributed by atoms with Crippen LogP contribution in [0.2, 0.25) is 0 Å². The number of anilines is 1. The van der Waals surface area contributed by atoms with E-state index in [0.29, 0.717) is 30.6 Å². The van der Waals surface area contributed by atoms with Gasteiger partial charge in [0.25, 0.3) is 15.7 Å². The summed E-state index contributed by atoms with van der Waals surface area (Å²) in [5.41, 5.74) is 0.637. The summed E-state index contributed by atoms with van der Waals surface area (Å²) in [6.07, 6.45) is 3.78. The maximum atomic E-state index is 13.8. The van der Waals surface area contributed by atoms with Gasteiger partial charge < -0.3 is 9.47 Å². The van der Waals surface area contributed by atoms with E-state index in [9.17, 15) is 18.5 Å². The third-order valence-corrected chi connectivity index (χ3v) is 11.1. The van der Waals surface area contributed by atoms with Crippen molar-refractivity contribution in [1.29, 1.82) is 0 Å². The Bertz CT molecular complexity index is 1600. The third-order valence-electron chi connectivity index (χ3n) is 9.74. The number of nitrogens with zero attached hydrogens (tertiary/aromatic N) is 2. The molecule has 2 fully saturated rings. The number of morpholine rings is 1. The van der Waals surface area contributed by atoms with Crippen molar-refractivity contribution < 1.29 is 22.8 Å². The van der Waals surface area contributed by atoms with Gasteiger partial charge in [-0.2, -0.15) is 0 Å². The summed E-state index contributed by atoms with van der Waals surface area (Å²) in [5.74, 6) is 1.08. The van der Waals surface area contributed by atoms with E-state index in [-0.39, 0.29) is 21.9 Å². The van der Waals surface area contributed by atoms with Gasteiger partial charge in [0.15, 0.2) is 5.72 Å². The molecule has 9 nitrogen and oxygen atoms in total. The second-order valence-electron chi connectivity index (χ2n) is 12.2. The van der Waals surface area contributed by atoms with Crippen LogP contribution < -0.4 is 9.46 Å². The molecule has 0 bridgehead atoms. The molecule has 3 atom stereocenters. The SMILES string of the molecule is CCC(C)(C)C1CCC2(N3CCOCC3)Oc3cc4ccccc4c(NS(=O)(=O)c4cccc([N+](=O)[O-])c4)c3C2C1. The number of sulfonamides is 1. The molecule has 41 heavy (non-hydrogen) atoms. The Hall–Kier alpha value is -3.21. The monoisotopic (exact) mass is 579 g/mol. The van der Waals surface area contributed by atoms with E-state index in [1.165, 1.54) is 18.2 Å². The highest BCUT2D eigenvalue weighted by Crippen LogP contribution is 2.61. The zero-order chi connectivity index (χ0) is 29.0. The van der Waals surface area contributed by atoms with Crippen LogP contribution >= 0.6 is 0 Å². The second-order valence-corrected chi connectivity index (χ2v) is 13.8. The Labute approximate surface area is 241 Å². The number of nitrogens with one attached hydrogen (secondary N) is 1. The number of hydrogen-bond acceptors (Lipinski definition) is 7. The molecule has 2 aliphatic heterocycles. The molecule has 1 N–H and O–H groups in total.